The highest BCUT2D eigenvalue weighted by Crippen LogP contribution is 2.36. The van der Waals surface area contributed by atoms with Crippen molar-refractivity contribution in [1.29, 1.82) is 0 Å². The number of nitrogens with zero attached hydrogens (tertiary/aromatic N) is 4. The highest BCUT2D eigenvalue weighted by Gasteiger charge is 2.35. The molecule has 4 aromatic rings. The Bertz CT molecular complexity index is 1420. The number of aromatic nitrogens is 4. The topological polar surface area (TPSA) is 47.7 Å². The Labute approximate surface area is 213 Å². The lowest BCUT2D eigenvalue weighted by atomic mass is 9.93. The Balaban J connectivity index is 1.42. The van der Waals surface area contributed by atoms with E-state index in [2.05, 4.69) is 42.5 Å². The van der Waals surface area contributed by atoms with Crippen LogP contribution in [0.25, 0.3) is 17.1 Å². The van der Waals surface area contributed by atoms with Gasteiger partial charge in [-0.1, -0.05) is 32.0 Å². The van der Waals surface area contributed by atoms with Crippen LogP contribution in [0.3, 0.4) is 0 Å². The minimum atomic E-state index is -4.59. The van der Waals surface area contributed by atoms with Crippen LogP contribution in [0.4, 0.5) is 23.2 Å². The fourth-order valence-corrected chi connectivity index (χ4v) is 4.99. The van der Waals surface area contributed by atoms with E-state index in [-0.39, 0.29) is 24.0 Å². The zero-order valence-electron chi connectivity index (χ0n) is 21.0. The number of para-hydroxylation sites is 1. The zero-order valence-corrected chi connectivity index (χ0v) is 21.0. The molecule has 1 N–H and O–H groups in total. The molecule has 0 saturated carbocycles. The number of rotatable bonds is 6. The highest BCUT2D eigenvalue weighted by atomic mass is 19.4. The summed E-state index contributed by atoms with van der Waals surface area (Å²) in [6.07, 6.45) is 1.06. The molecule has 0 aliphatic heterocycles. The third-order valence-electron chi connectivity index (χ3n) is 6.87. The van der Waals surface area contributed by atoms with Gasteiger partial charge in [-0.3, -0.25) is 0 Å². The Morgan fingerprint density at radius 2 is 1.89 bits per heavy atom. The van der Waals surface area contributed by atoms with Gasteiger partial charge in [-0.05, 0) is 61.9 Å². The van der Waals surface area contributed by atoms with E-state index in [1.807, 2.05) is 16.8 Å². The number of halogens is 4. The molecule has 9 heteroatoms. The van der Waals surface area contributed by atoms with Crippen LogP contribution < -0.4 is 5.32 Å². The van der Waals surface area contributed by atoms with Gasteiger partial charge in [0.15, 0.2) is 5.69 Å². The number of nitrogens with one attached hydrogen (secondary N) is 1. The monoisotopic (exact) mass is 511 g/mol. The molecule has 0 spiro atoms. The average Bonchev–Trinajstić information content (AvgIpc) is 3.49. The van der Waals surface area contributed by atoms with Crippen LogP contribution in [0.5, 0.6) is 0 Å². The second kappa shape index (κ2) is 9.68. The first-order valence-electron chi connectivity index (χ1n) is 12.5. The maximum atomic E-state index is 15.2. The van der Waals surface area contributed by atoms with Crippen molar-refractivity contribution in [1.82, 2.24) is 19.3 Å². The summed E-state index contributed by atoms with van der Waals surface area (Å²) in [7, 11) is 0. The van der Waals surface area contributed by atoms with Crippen LogP contribution in [0.1, 0.15) is 68.1 Å². The van der Waals surface area contributed by atoms with Gasteiger partial charge in [0, 0.05) is 30.2 Å². The number of hydrogen-bond acceptors (Lipinski definition) is 3. The molecular weight excluding hydrogens is 482 g/mol. The van der Waals surface area contributed by atoms with E-state index >= 15 is 4.39 Å². The van der Waals surface area contributed by atoms with Crippen LogP contribution in [-0.4, -0.2) is 19.3 Å². The average molecular weight is 512 g/mol. The molecule has 1 atom stereocenters. The van der Waals surface area contributed by atoms with E-state index in [9.17, 15) is 13.2 Å². The normalized spacial score (nSPS) is 15.7. The minimum absolute atomic E-state index is 0.0327. The molecule has 2 aromatic carbocycles. The van der Waals surface area contributed by atoms with Gasteiger partial charge >= 0.3 is 6.18 Å². The van der Waals surface area contributed by atoms with Gasteiger partial charge in [0.2, 0.25) is 0 Å². The van der Waals surface area contributed by atoms with Crippen molar-refractivity contribution in [3.8, 4) is 17.1 Å². The van der Waals surface area contributed by atoms with Crippen LogP contribution in [0, 0.1) is 5.82 Å². The van der Waals surface area contributed by atoms with Crippen LogP contribution in [-0.2, 0) is 19.1 Å². The lowest BCUT2D eigenvalue weighted by Crippen LogP contribution is -2.16. The fraction of sp³-hybridized carbons (Fsp3) is 0.357. The van der Waals surface area contributed by atoms with Gasteiger partial charge in [0.25, 0.3) is 0 Å². The molecular formula is C28H29F4N5. The number of aryl methyl sites for hydroxylation is 2. The quantitative estimate of drug-likeness (QED) is 0.272. The summed E-state index contributed by atoms with van der Waals surface area (Å²) >= 11 is 0. The van der Waals surface area contributed by atoms with E-state index in [4.69, 9.17) is 5.10 Å². The Morgan fingerprint density at radius 1 is 1.11 bits per heavy atom. The highest BCUT2D eigenvalue weighted by molar-refractivity contribution is 5.62. The van der Waals surface area contributed by atoms with Crippen molar-refractivity contribution < 1.29 is 17.6 Å². The first kappa shape index (κ1) is 25.0. The second-order valence-corrected chi connectivity index (χ2v) is 9.71. The van der Waals surface area contributed by atoms with Gasteiger partial charge < -0.3 is 9.88 Å². The number of hydrogen-bond donors (Lipinski definition) is 1. The van der Waals surface area contributed by atoms with Gasteiger partial charge in [0.1, 0.15) is 11.6 Å². The molecule has 1 aliphatic carbocycles. The molecule has 37 heavy (non-hydrogen) atoms. The van der Waals surface area contributed by atoms with Crippen molar-refractivity contribution in [2.75, 3.05) is 5.32 Å². The summed E-state index contributed by atoms with van der Waals surface area (Å²) in [4.78, 5) is 3.68. The lowest BCUT2D eigenvalue weighted by molar-refractivity contribution is -0.140. The van der Waals surface area contributed by atoms with Crippen molar-refractivity contribution in [2.24, 2.45) is 0 Å². The van der Waals surface area contributed by atoms with E-state index in [1.165, 1.54) is 22.3 Å². The number of anilines is 1. The van der Waals surface area contributed by atoms with Gasteiger partial charge in [-0.2, -0.15) is 18.3 Å². The van der Waals surface area contributed by atoms with Gasteiger partial charge in [-0.25, -0.2) is 14.1 Å². The van der Waals surface area contributed by atoms with Crippen LogP contribution in [0.15, 0.2) is 54.9 Å². The summed E-state index contributed by atoms with van der Waals surface area (Å²) in [5.41, 5.74) is 3.91. The minimum Gasteiger partial charge on any atom is -0.378 e. The third-order valence-corrected chi connectivity index (χ3v) is 6.87. The van der Waals surface area contributed by atoms with Crippen molar-refractivity contribution in [3.63, 3.8) is 0 Å². The number of fused-ring (bicyclic) bond motifs is 1. The van der Waals surface area contributed by atoms with Crippen LogP contribution in [0.2, 0.25) is 0 Å². The molecule has 5 rings (SSSR count). The van der Waals surface area contributed by atoms with Crippen molar-refractivity contribution in [2.45, 2.75) is 64.7 Å². The summed E-state index contributed by atoms with van der Waals surface area (Å²) in [5, 5.41) is 8.28. The van der Waals surface area contributed by atoms with Gasteiger partial charge in [0.05, 0.1) is 23.0 Å². The van der Waals surface area contributed by atoms with Crippen LogP contribution >= 0.6 is 0 Å². The Kier molecular flexibility index (Phi) is 6.56. The summed E-state index contributed by atoms with van der Waals surface area (Å²) in [6.45, 7) is 6.25. The fourth-order valence-electron chi connectivity index (χ4n) is 4.99. The first-order valence-corrected chi connectivity index (χ1v) is 12.5. The van der Waals surface area contributed by atoms with E-state index < -0.39 is 17.7 Å². The third kappa shape index (κ3) is 4.86. The van der Waals surface area contributed by atoms with E-state index in [1.54, 1.807) is 13.0 Å². The van der Waals surface area contributed by atoms with E-state index in [0.717, 1.165) is 42.4 Å². The molecule has 0 bridgehead atoms. The Morgan fingerprint density at radius 3 is 2.59 bits per heavy atom. The number of imidazole rings is 1. The van der Waals surface area contributed by atoms with Crippen molar-refractivity contribution in [3.05, 3.63) is 83.2 Å². The summed E-state index contributed by atoms with van der Waals surface area (Å²) in [6, 6.07) is 12.7. The molecule has 0 saturated heterocycles. The number of alkyl halides is 3. The predicted octanol–water partition coefficient (Wildman–Crippen LogP) is 7.53. The lowest BCUT2D eigenvalue weighted by Gasteiger charge is -2.24. The standard InChI is InChI=1S/C28H29F4N5/c1-4-36-16-26(28(30,31)32)34-27(36)20-13-12-18(14-22(20)29)33-23-9-7-10-24-21(23)15-37(35-24)25-11-6-5-8-19(25)17(2)3/h5-6,8,11-17,23,33H,4,7,9-10H2,1-3H3. The van der Waals surface area contributed by atoms with Crippen molar-refractivity contribution >= 4 is 5.69 Å². The zero-order chi connectivity index (χ0) is 26.3. The summed E-state index contributed by atoms with van der Waals surface area (Å²) in [5.74, 6) is -0.316. The maximum absolute atomic E-state index is 15.2. The molecule has 194 valence electrons. The Hall–Kier alpha value is -3.62. The second-order valence-electron chi connectivity index (χ2n) is 9.71. The number of benzene rings is 2. The smallest absolute Gasteiger partial charge is 0.378 e. The maximum Gasteiger partial charge on any atom is 0.434 e. The molecule has 2 heterocycles. The SMILES string of the molecule is CCn1cc(C(F)(F)F)nc1-c1ccc(NC2CCCc3nn(-c4ccccc4C(C)C)cc32)cc1F. The molecule has 5 nitrogen and oxygen atoms in total. The molecule has 2 aromatic heterocycles. The molecule has 0 amide bonds. The van der Waals surface area contributed by atoms with Gasteiger partial charge in [-0.15, -0.1) is 0 Å². The largest absolute Gasteiger partial charge is 0.434 e. The molecule has 0 radical (unpaired) electrons. The predicted molar refractivity (Wildman–Crippen MR) is 135 cm³/mol. The van der Waals surface area contributed by atoms with E-state index in [0.29, 0.717) is 11.6 Å². The molecule has 1 unspecified atom stereocenters. The molecule has 1 aliphatic rings. The summed E-state index contributed by atoms with van der Waals surface area (Å²) < 4.78 is 57.9. The first-order chi connectivity index (χ1) is 17.7. The molecule has 0 fully saturated rings.